The van der Waals surface area contributed by atoms with E-state index in [4.69, 9.17) is 0 Å². The first-order chi connectivity index (χ1) is 8.25. The number of amides is 1. The minimum Gasteiger partial charge on any atom is -0.335 e. The zero-order chi connectivity index (χ0) is 11.8. The summed E-state index contributed by atoms with van der Waals surface area (Å²) in [4.78, 5) is 18.4. The van der Waals surface area contributed by atoms with Crippen molar-refractivity contribution in [3.8, 4) is 0 Å². The Balaban J connectivity index is 1.70. The second-order valence-electron chi connectivity index (χ2n) is 5.37. The highest BCUT2D eigenvalue weighted by Gasteiger charge is 2.44. The molecular formula is C14H18N2O. The van der Waals surface area contributed by atoms with Crippen molar-refractivity contribution in [1.82, 2.24) is 9.88 Å². The molecule has 0 aliphatic heterocycles. The maximum atomic E-state index is 12.3. The second kappa shape index (κ2) is 4.13. The SMILES string of the molecule is CC1CC1C(=O)N(Cc1ccncc1)C1CC1. The van der Waals surface area contributed by atoms with Gasteiger partial charge in [-0.05, 0) is 42.9 Å². The Kier molecular flexibility index (Phi) is 2.61. The van der Waals surface area contributed by atoms with Gasteiger partial charge in [-0.2, -0.15) is 0 Å². The molecule has 0 radical (unpaired) electrons. The van der Waals surface area contributed by atoms with Crippen molar-refractivity contribution in [3.05, 3.63) is 30.1 Å². The van der Waals surface area contributed by atoms with Crippen LogP contribution in [0, 0.1) is 11.8 Å². The average molecular weight is 230 g/mol. The van der Waals surface area contributed by atoms with Crippen molar-refractivity contribution in [3.63, 3.8) is 0 Å². The third kappa shape index (κ3) is 2.33. The zero-order valence-corrected chi connectivity index (χ0v) is 10.2. The second-order valence-corrected chi connectivity index (χ2v) is 5.37. The normalized spacial score (nSPS) is 26.6. The molecule has 1 aromatic heterocycles. The molecule has 3 rings (SSSR count). The third-order valence-corrected chi connectivity index (χ3v) is 3.80. The summed E-state index contributed by atoms with van der Waals surface area (Å²) in [5.41, 5.74) is 1.19. The summed E-state index contributed by atoms with van der Waals surface area (Å²) < 4.78 is 0. The Bertz CT molecular complexity index is 413. The molecule has 0 aromatic carbocycles. The summed E-state index contributed by atoms with van der Waals surface area (Å²) in [7, 11) is 0. The lowest BCUT2D eigenvalue weighted by Crippen LogP contribution is -2.34. The van der Waals surface area contributed by atoms with Gasteiger partial charge in [0.25, 0.3) is 0 Å². The maximum Gasteiger partial charge on any atom is 0.226 e. The predicted molar refractivity (Wildman–Crippen MR) is 65.1 cm³/mol. The van der Waals surface area contributed by atoms with E-state index in [2.05, 4.69) is 16.8 Å². The molecule has 3 nitrogen and oxygen atoms in total. The van der Waals surface area contributed by atoms with Crippen LogP contribution in [-0.2, 0) is 11.3 Å². The van der Waals surface area contributed by atoms with Crippen molar-refractivity contribution in [1.29, 1.82) is 0 Å². The van der Waals surface area contributed by atoms with Crippen LogP contribution in [0.2, 0.25) is 0 Å². The summed E-state index contributed by atoms with van der Waals surface area (Å²) in [5, 5.41) is 0. The van der Waals surface area contributed by atoms with Crippen LogP contribution in [0.1, 0.15) is 31.7 Å². The number of carbonyl (C=O) groups excluding carboxylic acids is 1. The van der Waals surface area contributed by atoms with E-state index in [-0.39, 0.29) is 0 Å². The van der Waals surface area contributed by atoms with E-state index in [0.29, 0.717) is 23.8 Å². The number of rotatable bonds is 4. The fourth-order valence-electron chi connectivity index (χ4n) is 2.34. The van der Waals surface area contributed by atoms with Crippen molar-refractivity contribution >= 4 is 5.91 Å². The zero-order valence-electron chi connectivity index (χ0n) is 10.2. The molecule has 2 aliphatic carbocycles. The molecule has 1 amide bonds. The van der Waals surface area contributed by atoms with Gasteiger partial charge in [0.15, 0.2) is 0 Å². The highest BCUT2D eigenvalue weighted by molar-refractivity contribution is 5.82. The van der Waals surface area contributed by atoms with Gasteiger partial charge in [0.05, 0.1) is 0 Å². The molecule has 1 aromatic rings. The molecule has 17 heavy (non-hydrogen) atoms. The molecule has 2 fully saturated rings. The molecule has 0 bridgehead atoms. The van der Waals surface area contributed by atoms with Crippen LogP contribution in [0.4, 0.5) is 0 Å². The van der Waals surface area contributed by atoms with E-state index in [1.807, 2.05) is 12.1 Å². The van der Waals surface area contributed by atoms with E-state index in [9.17, 15) is 4.79 Å². The smallest absolute Gasteiger partial charge is 0.226 e. The molecule has 90 valence electrons. The lowest BCUT2D eigenvalue weighted by Gasteiger charge is -2.22. The van der Waals surface area contributed by atoms with Crippen molar-refractivity contribution in [2.45, 2.75) is 38.8 Å². The van der Waals surface area contributed by atoms with Crippen molar-refractivity contribution < 1.29 is 4.79 Å². The van der Waals surface area contributed by atoms with Crippen LogP contribution in [0.3, 0.4) is 0 Å². The van der Waals surface area contributed by atoms with Crippen LogP contribution in [0.15, 0.2) is 24.5 Å². The highest BCUT2D eigenvalue weighted by Crippen LogP contribution is 2.41. The molecule has 0 N–H and O–H groups in total. The number of carbonyl (C=O) groups is 1. The topological polar surface area (TPSA) is 33.2 Å². The number of hydrogen-bond donors (Lipinski definition) is 0. The monoisotopic (exact) mass is 230 g/mol. The minimum absolute atomic E-state index is 0.303. The fraction of sp³-hybridized carbons (Fsp3) is 0.571. The van der Waals surface area contributed by atoms with Gasteiger partial charge in [-0.25, -0.2) is 0 Å². The van der Waals surface area contributed by atoms with Gasteiger partial charge >= 0.3 is 0 Å². The Hall–Kier alpha value is -1.38. The first-order valence-corrected chi connectivity index (χ1v) is 6.45. The van der Waals surface area contributed by atoms with Gasteiger partial charge in [0.1, 0.15) is 0 Å². The molecule has 2 atom stereocenters. The fourth-order valence-corrected chi connectivity index (χ4v) is 2.34. The van der Waals surface area contributed by atoms with Crippen LogP contribution >= 0.6 is 0 Å². The third-order valence-electron chi connectivity index (χ3n) is 3.80. The standard InChI is InChI=1S/C14H18N2O/c1-10-8-13(10)14(17)16(12-2-3-12)9-11-4-6-15-7-5-11/h4-7,10,12-13H,2-3,8-9H2,1H3. The Morgan fingerprint density at radius 3 is 2.59 bits per heavy atom. The van der Waals surface area contributed by atoms with Gasteiger partial charge in [-0.15, -0.1) is 0 Å². The lowest BCUT2D eigenvalue weighted by atomic mass is 10.2. The Labute approximate surface area is 102 Å². The van der Waals surface area contributed by atoms with Crippen molar-refractivity contribution in [2.75, 3.05) is 0 Å². The summed E-state index contributed by atoms with van der Waals surface area (Å²) in [6, 6.07) is 4.50. The molecular weight excluding hydrogens is 212 g/mol. The highest BCUT2D eigenvalue weighted by atomic mass is 16.2. The van der Waals surface area contributed by atoms with E-state index < -0.39 is 0 Å². The van der Waals surface area contributed by atoms with E-state index >= 15 is 0 Å². The molecule has 1 heterocycles. The van der Waals surface area contributed by atoms with E-state index in [0.717, 1.165) is 13.0 Å². The molecule has 0 saturated heterocycles. The van der Waals surface area contributed by atoms with E-state index in [1.54, 1.807) is 12.4 Å². The predicted octanol–water partition coefficient (Wildman–Crippen LogP) is 2.23. The number of hydrogen-bond acceptors (Lipinski definition) is 2. The number of aromatic nitrogens is 1. The first kappa shape index (κ1) is 10.8. The number of pyridine rings is 1. The summed E-state index contributed by atoms with van der Waals surface area (Å²) >= 11 is 0. The molecule has 2 saturated carbocycles. The van der Waals surface area contributed by atoms with Crippen LogP contribution in [0.25, 0.3) is 0 Å². The van der Waals surface area contributed by atoms with Gasteiger partial charge in [0.2, 0.25) is 5.91 Å². The van der Waals surface area contributed by atoms with E-state index in [1.165, 1.54) is 18.4 Å². The Morgan fingerprint density at radius 1 is 1.41 bits per heavy atom. The quantitative estimate of drug-likeness (QED) is 0.794. The van der Waals surface area contributed by atoms with Crippen LogP contribution < -0.4 is 0 Å². The molecule has 2 aliphatic rings. The summed E-state index contributed by atoms with van der Waals surface area (Å²) in [5.74, 6) is 1.27. The maximum absolute atomic E-state index is 12.3. The van der Waals surface area contributed by atoms with Crippen molar-refractivity contribution in [2.24, 2.45) is 11.8 Å². The molecule has 2 unspecified atom stereocenters. The summed E-state index contributed by atoms with van der Waals surface area (Å²) in [6.45, 7) is 2.93. The summed E-state index contributed by atoms with van der Waals surface area (Å²) in [6.07, 6.45) is 7.03. The molecule has 0 spiro atoms. The first-order valence-electron chi connectivity index (χ1n) is 6.45. The largest absolute Gasteiger partial charge is 0.335 e. The number of nitrogens with zero attached hydrogens (tertiary/aromatic N) is 2. The van der Waals surface area contributed by atoms with Gasteiger partial charge in [-0.1, -0.05) is 6.92 Å². The Morgan fingerprint density at radius 2 is 2.06 bits per heavy atom. The molecule has 3 heteroatoms. The minimum atomic E-state index is 0.303. The van der Waals surface area contributed by atoms with Gasteiger partial charge in [0, 0.05) is 30.9 Å². The van der Waals surface area contributed by atoms with Crippen LogP contribution in [-0.4, -0.2) is 21.8 Å². The average Bonchev–Trinajstić information content (AvgIpc) is 3.22. The lowest BCUT2D eigenvalue weighted by molar-refractivity contribution is -0.134. The van der Waals surface area contributed by atoms with Crippen LogP contribution in [0.5, 0.6) is 0 Å². The van der Waals surface area contributed by atoms with Gasteiger partial charge in [-0.3, -0.25) is 9.78 Å². The van der Waals surface area contributed by atoms with Gasteiger partial charge < -0.3 is 4.90 Å².